The Bertz CT molecular complexity index is 584. The lowest BCUT2D eigenvalue weighted by Gasteiger charge is -2.03. The highest BCUT2D eigenvalue weighted by Gasteiger charge is 2.08. The highest BCUT2D eigenvalue weighted by Crippen LogP contribution is 2.16. The standard InChI is InChI=1S/C12H13FN2Si/c1-16(2,3)5-4-9-6-10-8-14-15-12(10)11(13)7-9/h6-8H,1-3H3,(H,14,15). The molecule has 4 heteroatoms. The fraction of sp³-hybridized carbons (Fsp3) is 0.250. The summed E-state index contributed by atoms with van der Waals surface area (Å²) in [6.07, 6.45) is 1.61. The minimum Gasteiger partial charge on any atom is -0.275 e. The van der Waals surface area contributed by atoms with Crippen LogP contribution in [0.3, 0.4) is 0 Å². The molecule has 0 bridgehead atoms. The molecule has 16 heavy (non-hydrogen) atoms. The fourth-order valence-electron chi connectivity index (χ4n) is 1.35. The van der Waals surface area contributed by atoms with E-state index in [1.165, 1.54) is 6.07 Å². The Hall–Kier alpha value is -1.60. The SMILES string of the molecule is C[Si](C)(C)C#Cc1cc(F)c2[nH]ncc2c1. The molecule has 0 atom stereocenters. The molecule has 0 fully saturated rings. The van der Waals surface area contributed by atoms with Gasteiger partial charge in [-0.1, -0.05) is 25.6 Å². The van der Waals surface area contributed by atoms with Crippen LogP contribution in [0, 0.1) is 17.3 Å². The van der Waals surface area contributed by atoms with E-state index in [2.05, 4.69) is 41.3 Å². The van der Waals surface area contributed by atoms with E-state index in [-0.39, 0.29) is 5.82 Å². The zero-order chi connectivity index (χ0) is 11.8. The third-order valence-electron chi connectivity index (χ3n) is 2.08. The van der Waals surface area contributed by atoms with Crippen molar-refractivity contribution in [3.05, 3.63) is 29.7 Å². The molecule has 0 saturated heterocycles. The minimum absolute atomic E-state index is 0.296. The van der Waals surface area contributed by atoms with Crippen molar-refractivity contribution in [2.75, 3.05) is 0 Å². The van der Waals surface area contributed by atoms with Gasteiger partial charge >= 0.3 is 0 Å². The van der Waals surface area contributed by atoms with Crippen LogP contribution in [-0.4, -0.2) is 18.3 Å². The van der Waals surface area contributed by atoms with Crippen LogP contribution in [0.5, 0.6) is 0 Å². The summed E-state index contributed by atoms with van der Waals surface area (Å²) in [4.78, 5) is 0. The summed E-state index contributed by atoms with van der Waals surface area (Å²) in [5, 5.41) is 7.19. The van der Waals surface area contributed by atoms with Gasteiger partial charge in [0.1, 0.15) is 19.4 Å². The van der Waals surface area contributed by atoms with Crippen LogP contribution in [0.1, 0.15) is 5.56 Å². The van der Waals surface area contributed by atoms with Gasteiger partial charge in [0, 0.05) is 10.9 Å². The Kier molecular flexibility index (Phi) is 2.56. The zero-order valence-corrected chi connectivity index (χ0v) is 10.6. The number of halogens is 1. The lowest BCUT2D eigenvalue weighted by Crippen LogP contribution is -2.16. The number of benzene rings is 1. The molecule has 0 unspecified atom stereocenters. The predicted octanol–water partition coefficient (Wildman–Crippen LogP) is 2.93. The maximum Gasteiger partial charge on any atom is 0.150 e. The highest BCUT2D eigenvalue weighted by atomic mass is 28.3. The summed E-state index contributed by atoms with van der Waals surface area (Å²) in [6, 6.07) is 3.31. The van der Waals surface area contributed by atoms with Crippen LogP contribution in [0.2, 0.25) is 19.6 Å². The normalized spacial score (nSPS) is 11.2. The number of fused-ring (bicyclic) bond motifs is 1. The van der Waals surface area contributed by atoms with E-state index < -0.39 is 8.07 Å². The summed E-state index contributed by atoms with van der Waals surface area (Å²) in [5.41, 5.74) is 4.37. The van der Waals surface area contributed by atoms with Crippen LogP contribution >= 0.6 is 0 Å². The first-order valence-electron chi connectivity index (χ1n) is 5.11. The second-order valence-corrected chi connectivity index (χ2v) is 9.54. The average molecular weight is 232 g/mol. The minimum atomic E-state index is -1.42. The maximum atomic E-state index is 13.6. The van der Waals surface area contributed by atoms with Gasteiger partial charge in [0.05, 0.1) is 6.20 Å². The van der Waals surface area contributed by atoms with Gasteiger partial charge in [0.2, 0.25) is 0 Å². The molecule has 1 aromatic carbocycles. The molecule has 2 rings (SSSR count). The van der Waals surface area contributed by atoms with Gasteiger partial charge in [-0.25, -0.2) is 4.39 Å². The molecule has 2 nitrogen and oxygen atoms in total. The molecular weight excluding hydrogens is 219 g/mol. The molecule has 1 aromatic heterocycles. The van der Waals surface area contributed by atoms with E-state index in [9.17, 15) is 4.39 Å². The van der Waals surface area contributed by atoms with Gasteiger partial charge in [0.25, 0.3) is 0 Å². The lowest BCUT2D eigenvalue weighted by molar-refractivity contribution is 0.636. The van der Waals surface area contributed by atoms with E-state index in [4.69, 9.17) is 0 Å². The van der Waals surface area contributed by atoms with Gasteiger partial charge in [-0.15, -0.1) is 5.54 Å². The Morgan fingerprint density at radius 1 is 1.31 bits per heavy atom. The van der Waals surface area contributed by atoms with Gasteiger partial charge in [-0.05, 0) is 12.1 Å². The number of aromatic amines is 1. The highest BCUT2D eigenvalue weighted by molar-refractivity contribution is 6.83. The number of aromatic nitrogens is 2. The number of nitrogens with zero attached hydrogens (tertiary/aromatic N) is 1. The lowest BCUT2D eigenvalue weighted by atomic mass is 10.1. The number of H-pyrrole nitrogens is 1. The molecule has 82 valence electrons. The van der Waals surface area contributed by atoms with Gasteiger partial charge < -0.3 is 0 Å². The third-order valence-corrected chi connectivity index (χ3v) is 2.96. The molecule has 0 aliphatic carbocycles. The maximum absolute atomic E-state index is 13.6. The first-order valence-corrected chi connectivity index (χ1v) is 8.61. The largest absolute Gasteiger partial charge is 0.275 e. The van der Waals surface area contributed by atoms with Crippen LogP contribution in [0.15, 0.2) is 18.3 Å². The van der Waals surface area contributed by atoms with Crippen molar-refractivity contribution in [3.8, 4) is 11.5 Å². The summed E-state index contributed by atoms with van der Waals surface area (Å²) in [7, 11) is -1.42. The second-order valence-electron chi connectivity index (χ2n) is 4.79. The van der Waals surface area contributed by atoms with Crippen molar-refractivity contribution in [1.82, 2.24) is 10.2 Å². The average Bonchev–Trinajstić information content (AvgIpc) is 2.62. The Labute approximate surface area is 94.9 Å². The summed E-state index contributed by atoms with van der Waals surface area (Å²) in [5.74, 6) is 2.74. The molecule has 0 radical (unpaired) electrons. The quantitative estimate of drug-likeness (QED) is 0.549. The molecule has 1 heterocycles. The second kappa shape index (κ2) is 3.76. The molecule has 1 N–H and O–H groups in total. The van der Waals surface area contributed by atoms with E-state index in [0.717, 1.165) is 5.39 Å². The van der Waals surface area contributed by atoms with E-state index in [1.54, 1.807) is 6.20 Å². The molecule has 0 saturated carbocycles. The zero-order valence-electron chi connectivity index (χ0n) is 9.56. The molecule has 0 amide bonds. The monoisotopic (exact) mass is 232 g/mol. The Morgan fingerprint density at radius 2 is 2.06 bits per heavy atom. The van der Waals surface area contributed by atoms with Crippen molar-refractivity contribution in [2.24, 2.45) is 0 Å². The van der Waals surface area contributed by atoms with Crippen LogP contribution in [0.25, 0.3) is 10.9 Å². The van der Waals surface area contributed by atoms with E-state index in [0.29, 0.717) is 11.1 Å². The molecular formula is C12H13FN2Si. The number of hydrogen-bond acceptors (Lipinski definition) is 1. The number of nitrogens with one attached hydrogen (secondary N) is 1. The van der Waals surface area contributed by atoms with E-state index in [1.807, 2.05) is 6.07 Å². The number of rotatable bonds is 0. The predicted molar refractivity (Wildman–Crippen MR) is 66.3 cm³/mol. The topological polar surface area (TPSA) is 28.7 Å². The van der Waals surface area contributed by atoms with Crippen molar-refractivity contribution in [3.63, 3.8) is 0 Å². The first kappa shape index (κ1) is 10.9. The summed E-state index contributed by atoms with van der Waals surface area (Å²) >= 11 is 0. The molecule has 0 spiro atoms. The smallest absolute Gasteiger partial charge is 0.150 e. The molecule has 0 aliphatic rings. The van der Waals surface area contributed by atoms with Crippen molar-refractivity contribution in [1.29, 1.82) is 0 Å². The Morgan fingerprint density at radius 3 is 2.75 bits per heavy atom. The van der Waals surface area contributed by atoms with Crippen molar-refractivity contribution < 1.29 is 4.39 Å². The summed E-state index contributed by atoms with van der Waals surface area (Å²) in [6.45, 7) is 6.48. The molecule has 2 aromatic rings. The number of hydrogen-bond donors (Lipinski definition) is 1. The fourth-order valence-corrected chi connectivity index (χ4v) is 1.87. The van der Waals surface area contributed by atoms with Gasteiger partial charge in [0.15, 0.2) is 0 Å². The van der Waals surface area contributed by atoms with Gasteiger partial charge in [-0.2, -0.15) is 5.10 Å². The third kappa shape index (κ3) is 2.31. The van der Waals surface area contributed by atoms with Crippen LogP contribution in [-0.2, 0) is 0 Å². The first-order chi connectivity index (χ1) is 7.46. The van der Waals surface area contributed by atoms with Crippen LogP contribution < -0.4 is 0 Å². The van der Waals surface area contributed by atoms with Crippen molar-refractivity contribution in [2.45, 2.75) is 19.6 Å². The van der Waals surface area contributed by atoms with E-state index >= 15 is 0 Å². The summed E-state index contributed by atoms with van der Waals surface area (Å²) < 4.78 is 13.6. The van der Waals surface area contributed by atoms with Gasteiger partial charge in [-0.3, -0.25) is 5.10 Å². The molecule has 0 aliphatic heterocycles. The van der Waals surface area contributed by atoms with Crippen LogP contribution in [0.4, 0.5) is 4.39 Å². The Balaban J connectivity index is 2.49. The van der Waals surface area contributed by atoms with Crippen molar-refractivity contribution >= 4 is 19.0 Å².